The summed E-state index contributed by atoms with van der Waals surface area (Å²) < 4.78 is 0. The van der Waals surface area contributed by atoms with Crippen molar-refractivity contribution >= 4 is 10.8 Å². The molecule has 0 aliphatic carbocycles. The molecule has 0 saturated carbocycles. The first-order chi connectivity index (χ1) is 8.36. The van der Waals surface area contributed by atoms with Crippen LogP contribution in [-0.4, -0.2) is 36.1 Å². The van der Waals surface area contributed by atoms with Crippen molar-refractivity contribution in [3.05, 3.63) is 40.8 Å². The van der Waals surface area contributed by atoms with E-state index in [4.69, 9.17) is 0 Å². The molecule has 2 aromatic rings. The summed E-state index contributed by atoms with van der Waals surface area (Å²) in [7, 11) is 0. The van der Waals surface area contributed by atoms with E-state index >= 15 is 0 Å². The SMILES string of the molecule is O=c1c2ccccc2cnn1N1CCNCC1. The van der Waals surface area contributed by atoms with Crippen molar-refractivity contribution in [1.29, 1.82) is 0 Å². The molecule has 1 saturated heterocycles. The molecule has 0 amide bonds. The van der Waals surface area contributed by atoms with Gasteiger partial charge < -0.3 is 5.32 Å². The Bertz CT molecular complexity index is 586. The summed E-state index contributed by atoms with van der Waals surface area (Å²) in [6.45, 7) is 3.40. The van der Waals surface area contributed by atoms with E-state index in [1.165, 1.54) is 4.79 Å². The van der Waals surface area contributed by atoms with Crippen molar-refractivity contribution in [3.8, 4) is 0 Å². The van der Waals surface area contributed by atoms with Crippen molar-refractivity contribution in [2.75, 3.05) is 31.2 Å². The zero-order valence-corrected chi connectivity index (χ0v) is 9.47. The third kappa shape index (κ3) is 1.78. The molecule has 17 heavy (non-hydrogen) atoms. The summed E-state index contributed by atoms with van der Waals surface area (Å²) in [5.41, 5.74) is -0.0370. The minimum atomic E-state index is -0.0370. The molecule has 0 spiro atoms. The average molecular weight is 230 g/mol. The normalized spacial score (nSPS) is 16.4. The van der Waals surface area contributed by atoms with Crippen LogP contribution in [0, 0.1) is 0 Å². The van der Waals surface area contributed by atoms with Gasteiger partial charge in [-0.2, -0.15) is 5.10 Å². The molecule has 1 aromatic heterocycles. The van der Waals surface area contributed by atoms with Crippen LogP contribution in [-0.2, 0) is 0 Å². The molecule has 1 N–H and O–H groups in total. The Labute approximate surface area is 98.6 Å². The number of nitrogens with zero attached hydrogens (tertiary/aromatic N) is 3. The highest BCUT2D eigenvalue weighted by Crippen LogP contribution is 2.06. The van der Waals surface area contributed by atoms with Gasteiger partial charge >= 0.3 is 0 Å². The summed E-state index contributed by atoms with van der Waals surface area (Å²) in [5, 5.41) is 11.1. The lowest BCUT2D eigenvalue weighted by Crippen LogP contribution is -2.53. The van der Waals surface area contributed by atoms with Crippen LogP contribution in [0.15, 0.2) is 35.3 Å². The second-order valence-corrected chi connectivity index (χ2v) is 4.13. The summed E-state index contributed by atoms with van der Waals surface area (Å²) in [6.07, 6.45) is 1.75. The Hall–Kier alpha value is -1.88. The molecular formula is C12H14N4O. The lowest BCUT2D eigenvalue weighted by molar-refractivity contribution is 0.448. The molecule has 0 bridgehead atoms. The van der Waals surface area contributed by atoms with Gasteiger partial charge in [0, 0.05) is 31.6 Å². The topological polar surface area (TPSA) is 50.2 Å². The van der Waals surface area contributed by atoms with Crippen LogP contribution >= 0.6 is 0 Å². The van der Waals surface area contributed by atoms with Crippen LogP contribution in [0.3, 0.4) is 0 Å². The Morgan fingerprint density at radius 1 is 1.18 bits per heavy atom. The predicted molar refractivity (Wildman–Crippen MR) is 66.8 cm³/mol. The van der Waals surface area contributed by atoms with Crippen LogP contribution in [0.1, 0.15) is 0 Å². The van der Waals surface area contributed by atoms with E-state index in [1.807, 2.05) is 29.3 Å². The van der Waals surface area contributed by atoms with Crippen LogP contribution < -0.4 is 15.9 Å². The first-order valence-corrected chi connectivity index (χ1v) is 5.79. The number of rotatable bonds is 1. The van der Waals surface area contributed by atoms with E-state index in [2.05, 4.69) is 10.4 Å². The maximum absolute atomic E-state index is 12.3. The fourth-order valence-electron chi connectivity index (χ4n) is 2.13. The van der Waals surface area contributed by atoms with Crippen molar-refractivity contribution < 1.29 is 0 Å². The minimum absolute atomic E-state index is 0.0370. The molecule has 0 atom stereocenters. The number of hydrogen-bond acceptors (Lipinski definition) is 4. The van der Waals surface area contributed by atoms with E-state index in [1.54, 1.807) is 6.20 Å². The summed E-state index contributed by atoms with van der Waals surface area (Å²) in [4.78, 5) is 13.8. The standard InChI is InChI=1S/C12H14N4O/c17-12-11-4-2-1-3-10(11)9-14-16(12)15-7-5-13-6-8-15/h1-4,9,13H,5-8H2. The van der Waals surface area contributed by atoms with Gasteiger partial charge in [-0.3, -0.25) is 9.80 Å². The smallest absolute Gasteiger partial charge is 0.293 e. The molecule has 2 heterocycles. The summed E-state index contributed by atoms with van der Waals surface area (Å²) >= 11 is 0. The lowest BCUT2D eigenvalue weighted by atomic mass is 10.2. The molecule has 1 aliphatic heterocycles. The van der Waals surface area contributed by atoms with Gasteiger partial charge in [-0.1, -0.05) is 18.2 Å². The maximum Gasteiger partial charge on any atom is 0.293 e. The van der Waals surface area contributed by atoms with E-state index in [0.29, 0.717) is 0 Å². The van der Waals surface area contributed by atoms with Crippen LogP contribution in [0.25, 0.3) is 10.8 Å². The van der Waals surface area contributed by atoms with Crippen LogP contribution in [0.5, 0.6) is 0 Å². The zero-order chi connectivity index (χ0) is 11.7. The van der Waals surface area contributed by atoms with Gasteiger partial charge in [0.1, 0.15) is 0 Å². The third-order valence-corrected chi connectivity index (χ3v) is 3.04. The summed E-state index contributed by atoms with van der Waals surface area (Å²) in [6, 6.07) is 7.55. The Morgan fingerprint density at radius 2 is 1.94 bits per heavy atom. The highest BCUT2D eigenvalue weighted by molar-refractivity contribution is 5.80. The van der Waals surface area contributed by atoms with E-state index in [9.17, 15) is 4.79 Å². The molecule has 3 rings (SSSR count). The highest BCUT2D eigenvalue weighted by Gasteiger charge is 2.13. The molecule has 5 nitrogen and oxygen atoms in total. The fourth-order valence-corrected chi connectivity index (χ4v) is 2.13. The van der Waals surface area contributed by atoms with Crippen LogP contribution in [0.2, 0.25) is 0 Å². The van der Waals surface area contributed by atoms with Gasteiger partial charge in [-0.05, 0) is 6.07 Å². The van der Waals surface area contributed by atoms with Gasteiger partial charge in [0.15, 0.2) is 0 Å². The Morgan fingerprint density at radius 3 is 2.76 bits per heavy atom. The van der Waals surface area contributed by atoms with E-state index < -0.39 is 0 Å². The molecule has 1 fully saturated rings. The highest BCUT2D eigenvalue weighted by atomic mass is 16.1. The van der Waals surface area contributed by atoms with Gasteiger partial charge in [-0.25, -0.2) is 0 Å². The van der Waals surface area contributed by atoms with Gasteiger partial charge in [0.05, 0.1) is 11.6 Å². The van der Waals surface area contributed by atoms with Crippen molar-refractivity contribution in [2.24, 2.45) is 0 Å². The third-order valence-electron chi connectivity index (χ3n) is 3.04. The minimum Gasteiger partial charge on any atom is -0.313 e. The number of benzene rings is 1. The number of piperazine rings is 1. The van der Waals surface area contributed by atoms with Gasteiger partial charge in [-0.15, -0.1) is 4.79 Å². The molecule has 0 unspecified atom stereocenters. The van der Waals surface area contributed by atoms with Gasteiger partial charge in [0.2, 0.25) is 0 Å². The largest absolute Gasteiger partial charge is 0.313 e. The van der Waals surface area contributed by atoms with Crippen molar-refractivity contribution in [1.82, 2.24) is 15.2 Å². The Balaban J connectivity index is 2.11. The molecule has 88 valence electrons. The quantitative estimate of drug-likeness (QED) is 0.745. The zero-order valence-electron chi connectivity index (χ0n) is 9.47. The lowest BCUT2D eigenvalue weighted by Gasteiger charge is -2.29. The van der Waals surface area contributed by atoms with E-state index in [-0.39, 0.29) is 5.56 Å². The molecule has 5 heteroatoms. The molecule has 1 aliphatic rings. The fraction of sp³-hybridized carbons (Fsp3) is 0.333. The van der Waals surface area contributed by atoms with Crippen molar-refractivity contribution in [3.63, 3.8) is 0 Å². The molecule has 1 aromatic carbocycles. The molecule has 0 radical (unpaired) electrons. The van der Waals surface area contributed by atoms with E-state index in [0.717, 1.165) is 37.0 Å². The monoisotopic (exact) mass is 230 g/mol. The second kappa shape index (κ2) is 4.18. The Kier molecular flexibility index (Phi) is 2.53. The first-order valence-electron chi connectivity index (χ1n) is 5.79. The second-order valence-electron chi connectivity index (χ2n) is 4.13. The first kappa shape index (κ1) is 10.3. The van der Waals surface area contributed by atoms with Gasteiger partial charge in [0.25, 0.3) is 5.56 Å². The number of fused-ring (bicyclic) bond motifs is 1. The number of aromatic nitrogens is 2. The predicted octanol–water partition coefficient (Wildman–Crippen LogP) is -0.0623. The maximum atomic E-state index is 12.3. The van der Waals surface area contributed by atoms with Crippen LogP contribution in [0.4, 0.5) is 0 Å². The number of nitrogens with one attached hydrogen (secondary N) is 1. The number of hydrogen-bond donors (Lipinski definition) is 1. The molecular weight excluding hydrogens is 216 g/mol. The summed E-state index contributed by atoms with van der Waals surface area (Å²) in [5.74, 6) is 0. The van der Waals surface area contributed by atoms with Crippen molar-refractivity contribution in [2.45, 2.75) is 0 Å². The average Bonchev–Trinajstić information content (AvgIpc) is 2.40.